The van der Waals surface area contributed by atoms with Crippen LogP contribution in [0.3, 0.4) is 0 Å². The van der Waals surface area contributed by atoms with Crippen LogP contribution in [0.15, 0.2) is 0 Å². The molecule has 0 aromatic carbocycles. The highest BCUT2D eigenvalue weighted by Crippen LogP contribution is 2.38. The Labute approximate surface area is 145 Å². The molecule has 0 aromatic rings. The monoisotopic (exact) mass is 390 g/mol. The zero-order valence-corrected chi connectivity index (χ0v) is 18.1. The van der Waals surface area contributed by atoms with Crippen LogP contribution >= 0.6 is 15.9 Å². The minimum atomic E-state index is -1.91. The Bertz CT molecular complexity index is 443. The van der Waals surface area contributed by atoms with E-state index in [2.05, 4.69) is 61.6 Å². The highest BCUT2D eigenvalue weighted by Gasteiger charge is 2.53. The number of halogens is 1. The fourth-order valence-corrected chi connectivity index (χ4v) is 4.24. The smallest absolute Gasteiger partial charge is 0.199 e. The standard InChI is InChI=1S/C17H31BrO3Si/c1-13-17(11-10-15(3,4)5,21-22(8,9)12-18)14(2)20-16(6,7)19-13/h13-14H,12H2,1-9H3/t13-,14+,17?. The normalized spacial score (nSPS) is 32.3. The first-order valence-electron chi connectivity index (χ1n) is 7.89. The van der Waals surface area contributed by atoms with E-state index in [1.54, 1.807) is 0 Å². The van der Waals surface area contributed by atoms with E-state index in [1.807, 2.05) is 27.7 Å². The van der Waals surface area contributed by atoms with Crippen molar-refractivity contribution in [3.05, 3.63) is 0 Å². The van der Waals surface area contributed by atoms with Gasteiger partial charge in [0.15, 0.2) is 19.7 Å². The van der Waals surface area contributed by atoms with Crippen molar-refractivity contribution in [2.45, 2.75) is 85.2 Å². The van der Waals surface area contributed by atoms with E-state index in [0.717, 1.165) is 4.95 Å². The molecule has 0 saturated carbocycles. The molecule has 128 valence electrons. The summed E-state index contributed by atoms with van der Waals surface area (Å²) in [6, 6.07) is 0. The summed E-state index contributed by atoms with van der Waals surface area (Å²) in [7, 11) is -1.91. The van der Waals surface area contributed by atoms with Crippen LogP contribution in [-0.4, -0.2) is 36.9 Å². The highest BCUT2D eigenvalue weighted by atomic mass is 79.9. The molecule has 0 N–H and O–H groups in total. The zero-order valence-electron chi connectivity index (χ0n) is 15.5. The SMILES string of the molecule is C[C@@H]1OC(C)(C)O[C@H](C)C1(C#CC(C)(C)C)O[Si](C)(C)CBr. The molecule has 22 heavy (non-hydrogen) atoms. The molecule has 0 aromatic heterocycles. The summed E-state index contributed by atoms with van der Waals surface area (Å²) in [5.41, 5.74) is -0.824. The molecule has 0 radical (unpaired) electrons. The molecule has 5 heteroatoms. The van der Waals surface area contributed by atoms with Crippen molar-refractivity contribution in [1.82, 2.24) is 0 Å². The summed E-state index contributed by atoms with van der Waals surface area (Å²) in [6.07, 6.45) is -0.321. The van der Waals surface area contributed by atoms with Crippen molar-refractivity contribution in [3.63, 3.8) is 0 Å². The topological polar surface area (TPSA) is 27.7 Å². The second kappa shape index (κ2) is 6.56. The predicted molar refractivity (Wildman–Crippen MR) is 97.5 cm³/mol. The first-order valence-corrected chi connectivity index (χ1v) is 12.1. The van der Waals surface area contributed by atoms with E-state index in [-0.39, 0.29) is 17.6 Å². The highest BCUT2D eigenvalue weighted by molar-refractivity contribution is 9.09. The van der Waals surface area contributed by atoms with Gasteiger partial charge in [-0.25, -0.2) is 0 Å². The second-order valence-electron chi connectivity index (χ2n) is 8.21. The molecular weight excluding hydrogens is 360 g/mol. The van der Waals surface area contributed by atoms with Crippen molar-refractivity contribution in [2.24, 2.45) is 5.41 Å². The fourth-order valence-electron chi connectivity index (χ4n) is 2.55. The summed E-state index contributed by atoms with van der Waals surface area (Å²) in [5, 5.41) is 0. The van der Waals surface area contributed by atoms with Gasteiger partial charge >= 0.3 is 0 Å². The van der Waals surface area contributed by atoms with E-state index in [0.29, 0.717) is 0 Å². The molecule has 1 fully saturated rings. The third-order valence-corrected chi connectivity index (χ3v) is 9.11. The molecule has 0 spiro atoms. The largest absolute Gasteiger partial charge is 0.396 e. The van der Waals surface area contributed by atoms with Crippen LogP contribution in [-0.2, 0) is 13.9 Å². The summed E-state index contributed by atoms with van der Waals surface area (Å²) >= 11 is 3.58. The Morgan fingerprint density at radius 2 is 1.59 bits per heavy atom. The molecular formula is C17H31BrO3Si. The van der Waals surface area contributed by atoms with Crippen molar-refractivity contribution in [3.8, 4) is 11.8 Å². The van der Waals surface area contributed by atoms with Crippen molar-refractivity contribution in [1.29, 1.82) is 0 Å². The van der Waals surface area contributed by atoms with E-state index < -0.39 is 19.7 Å². The number of hydrogen-bond acceptors (Lipinski definition) is 3. The number of alkyl halides is 1. The van der Waals surface area contributed by atoms with Crippen LogP contribution in [0.25, 0.3) is 0 Å². The lowest BCUT2D eigenvalue weighted by Crippen LogP contribution is -2.65. The van der Waals surface area contributed by atoms with Gasteiger partial charge in [-0.05, 0) is 61.6 Å². The van der Waals surface area contributed by atoms with E-state index in [4.69, 9.17) is 13.9 Å². The minimum absolute atomic E-state index is 0.0944. The zero-order chi connectivity index (χ0) is 17.4. The van der Waals surface area contributed by atoms with Gasteiger partial charge in [0.1, 0.15) is 12.2 Å². The van der Waals surface area contributed by atoms with E-state index in [1.165, 1.54) is 0 Å². The van der Waals surface area contributed by atoms with Gasteiger partial charge in [-0.2, -0.15) is 0 Å². The quantitative estimate of drug-likeness (QED) is 0.403. The van der Waals surface area contributed by atoms with Gasteiger partial charge in [0, 0.05) is 10.4 Å². The lowest BCUT2D eigenvalue weighted by molar-refractivity contribution is -0.338. The summed E-state index contributed by atoms with van der Waals surface area (Å²) in [5.74, 6) is 6.12. The van der Waals surface area contributed by atoms with E-state index >= 15 is 0 Å². The molecule has 3 atom stereocenters. The average Bonchev–Trinajstić information content (AvgIpc) is 2.30. The summed E-state index contributed by atoms with van der Waals surface area (Å²) < 4.78 is 18.7. The van der Waals surface area contributed by atoms with Gasteiger partial charge in [0.05, 0.1) is 0 Å². The minimum Gasteiger partial charge on any atom is -0.396 e. The average molecular weight is 391 g/mol. The number of rotatable bonds is 3. The molecule has 0 amide bonds. The van der Waals surface area contributed by atoms with Gasteiger partial charge in [-0.15, -0.1) is 0 Å². The molecule has 1 unspecified atom stereocenters. The first kappa shape index (κ1) is 20.2. The Morgan fingerprint density at radius 3 is 1.95 bits per heavy atom. The molecule has 1 saturated heterocycles. The molecule has 1 heterocycles. The molecule has 0 bridgehead atoms. The maximum absolute atomic E-state index is 6.60. The van der Waals surface area contributed by atoms with E-state index in [9.17, 15) is 0 Å². The van der Waals surface area contributed by atoms with Gasteiger partial charge < -0.3 is 13.9 Å². The second-order valence-corrected chi connectivity index (χ2v) is 13.9. The first-order chi connectivity index (χ1) is 9.73. The Balaban J connectivity index is 3.30. The molecule has 1 aliphatic heterocycles. The van der Waals surface area contributed by atoms with Crippen LogP contribution in [0.1, 0.15) is 48.5 Å². The Morgan fingerprint density at radius 1 is 1.14 bits per heavy atom. The van der Waals surface area contributed by atoms with Crippen molar-refractivity contribution in [2.75, 3.05) is 4.95 Å². The Kier molecular flexibility index (Phi) is 6.02. The van der Waals surface area contributed by atoms with Crippen molar-refractivity contribution >= 4 is 24.2 Å². The Hall–Kier alpha value is 0.137. The van der Waals surface area contributed by atoms with Crippen LogP contribution in [0.2, 0.25) is 13.1 Å². The van der Waals surface area contributed by atoms with Crippen molar-refractivity contribution < 1.29 is 13.9 Å². The van der Waals surface area contributed by atoms with Gasteiger partial charge in [-0.3, -0.25) is 0 Å². The van der Waals surface area contributed by atoms with Gasteiger partial charge in [0.2, 0.25) is 0 Å². The van der Waals surface area contributed by atoms with Crippen LogP contribution in [0, 0.1) is 17.3 Å². The summed E-state index contributed by atoms with van der Waals surface area (Å²) in [6.45, 7) is 18.6. The molecule has 0 aliphatic carbocycles. The van der Waals surface area contributed by atoms with Crippen LogP contribution in [0.4, 0.5) is 0 Å². The predicted octanol–water partition coefficient (Wildman–Crippen LogP) is 4.49. The third kappa shape index (κ3) is 5.07. The lowest BCUT2D eigenvalue weighted by Gasteiger charge is -2.51. The van der Waals surface area contributed by atoms with Crippen LogP contribution in [0.5, 0.6) is 0 Å². The number of hydrogen-bond donors (Lipinski definition) is 0. The van der Waals surface area contributed by atoms with Crippen LogP contribution < -0.4 is 0 Å². The molecule has 3 nitrogen and oxygen atoms in total. The lowest BCUT2D eigenvalue weighted by atomic mass is 9.88. The molecule has 1 rings (SSSR count). The van der Waals surface area contributed by atoms with Gasteiger partial charge in [0.25, 0.3) is 0 Å². The maximum Gasteiger partial charge on any atom is 0.199 e. The van der Waals surface area contributed by atoms with Gasteiger partial charge in [-0.1, -0.05) is 27.8 Å². The maximum atomic E-state index is 6.60. The summed E-state index contributed by atoms with van der Waals surface area (Å²) in [4.78, 5) is 0.849. The fraction of sp³-hybridized carbons (Fsp3) is 0.882. The third-order valence-electron chi connectivity index (χ3n) is 3.53. The number of ether oxygens (including phenoxy) is 2. The molecule has 1 aliphatic rings.